The van der Waals surface area contributed by atoms with Gasteiger partial charge in [-0.05, 0) is 23.9 Å². The van der Waals surface area contributed by atoms with Gasteiger partial charge in [-0.15, -0.1) is 5.10 Å². The lowest BCUT2D eigenvalue weighted by Crippen LogP contribution is -2.12. The maximum Gasteiger partial charge on any atom is 0.343 e. The molecule has 0 unspecified atom stereocenters. The van der Waals surface area contributed by atoms with Crippen molar-refractivity contribution in [2.45, 2.75) is 10.1 Å². The molecular weight excluding hydrogens is 283 g/mol. The van der Waals surface area contributed by atoms with Crippen molar-refractivity contribution in [1.82, 2.24) is 14.8 Å². The molecule has 17 heavy (non-hydrogen) atoms. The van der Waals surface area contributed by atoms with Gasteiger partial charge in [-0.2, -0.15) is 0 Å². The van der Waals surface area contributed by atoms with Gasteiger partial charge >= 0.3 is 5.69 Å². The van der Waals surface area contributed by atoms with Crippen molar-refractivity contribution in [3.63, 3.8) is 0 Å². The number of aromatic nitrogens is 3. The number of nitrogens with one attached hydrogen (secondary N) is 1. The number of benzene rings is 1. The Balaban J connectivity index is 2.40. The van der Waals surface area contributed by atoms with Crippen LogP contribution in [0.5, 0.6) is 0 Å². The lowest BCUT2D eigenvalue weighted by atomic mass is 10.3. The predicted molar refractivity (Wildman–Crippen MR) is 68.8 cm³/mol. The van der Waals surface area contributed by atoms with E-state index in [-0.39, 0.29) is 5.69 Å². The molecule has 0 aliphatic carbocycles. The van der Waals surface area contributed by atoms with Gasteiger partial charge in [0.25, 0.3) is 0 Å². The maximum atomic E-state index is 11.2. The Kier molecular flexibility index (Phi) is 3.37. The fourth-order valence-corrected chi connectivity index (χ4v) is 2.42. The molecule has 1 aromatic carbocycles. The van der Waals surface area contributed by atoms with E-state index in [1.54, 1.807) is 19.2 Å². The molecule has 1 heterocycles. The summed E-state index contributed by atoms with van der Waals surface area (Å²) in [5.41, 5.74) is 6.01. The van der Waals surface area contributed by atoms with Crippen LogP contribution in [0.25, 0.3) is 0 Å². The van der Waals surface area contributed by atoms with Crippen LogP contribution in [-0.4, -0.2) is 14.8 Å². The second-order valence-corrected chi connectivity index (χ2v) is 5.10. The molecule has 5 nitrogen and oxygen atoms in total. The third-order valence-corrected chi connectivity index (χ3v) is 3.94. The first-order valence-corrected chi connectivity index (χ1v) is 6.10. The molecule has 8 heteroatoms. The molecule has 0 fully saturated rings. The van der Waals surface area contributed by atoms with E-state index in [1.165, 1.54) is 16.3 Å². The molecule has 0 spiro atoms. The topological polar surface area (TPSA) is 76.7 Å². The van der Waals surface area contributed by atoms with Gasteiger partial charge in [0.2, 0.25) is 0 Å². The van der Waals surface area contributed by atoms with E-state index in [1.807, 2.05) is 0 Å². The first-order chi connectivity index (χ1) is 7.99. The summed E-state index contributed by atoms with van der Waals surface area (Å²) in [5, 5.41) is 7.50. The molecule has 0 atom stereocenters. The number of anilines is 1. The second kappa shape index (κ2) is 4.64. The predicted octanol–water partition coefficient (Wildman–Crippen LogP) is 2.15. The zero-order valence-corrected chi connectivity index (χ0v) is 11.0. The highest BCUT2D eigenvalue weighted by atomic mass is 35.5. The molecule has 0 amide bonds. The Morgan fingerprint density at radius 1 is 1.41 bits per heavy atom. The van der Waals surface area contributed by atoms with E-state index in [0.29, 0.717) is 25.8 Å². The highest BCUT2D eigenvalue weighted by Gasteiger charge is 2.11. The number of halogens is 2. The van der Waals surface area contributed by atoms with Crippen LogP contribution in [-0.2, 0) is 7.05 Å². The van der Waals surface area contributed by atoms with Crippen LogP contribution < -0.4 is 11.4 Å². The number of nitrogens with two attached hydrogens (primary N) is 1. The maximum absolute atomic E-state index is 11.2. The molecule has 2 rings (SSSR count). The first-order valence-electron chi connectivity index (χ1n) is 4.53. The summed E-state index contributed by atoms with van der Waals surface area (Å²) in [6, 6.07) is 3.21. The number of rotatable bonds is 2. The van der Waals surface area contributed by atoms with E-state index < -0.39 is 0 Å². The zero-order valence-electron chi connectivity index (χ0n) is 8.70. The standard InChI is InChI=1S/C9H8Cl2N4OS/c1-15-8(16)13-14-9(15)17-7-3-5(11)4(10)2-6(7)12/h2-3H,12H2,1H3,(H,13,16). The monoisotopic (exact) mass is 290 g/mol. The van der Waals surface area contributed by atoms with Crippen molar-refractivity contribution in [2.24, 2.45) is 7.05 Å². The smallest absolute Gasteiger partial charge is 0.343 e. The summed E-state index contributed by atoms with van der Waals surface area (Å²) >= 11 is 13.0. The van der Waals surface area contributed by atoms with Gasteiger partial charge in [0.15, 0.2) is 5.16 Å². The fourth-order valence-electron chi connectivity index (χ4n) is 1.15. The van der Waals surface area contributed by atoms with E-state index in [0.717, 1.165) is 0 Å². The molecule has 2 aromatic rings. The van der Waals surface area contributed by atoms with E-state index in [2.05, 4.69) is 10.2 Å². The normalized spacial score (nSPS) is 10.8. The highest BCUT2D eigenvalue weighted by molar-refractivity contribution is 7.99. The summed E-state index contributed by atoms with van der Waals surface area (Å²) in [4.78, 5) is 11.9. The summed E-state index contributed by atoms with van der Waals surface area (Å²) in [6.07, 6.45) is 0. The Labute approximate surface area is 111 Å². The van der Waals surface area contributed by atoms with E-state index in [9.17, 15) is 4.79 Å². The molecule has 3 N–H and O–H groups in total. The van der Waals surface area contributed by atoms with Crippen LogP contribution in [0.4, 0.5) is 5.69 Å². The van der Waals surface area contributed by atoms with Crippen molar-refractivity contribution >= 4 is 40.7 Å². The number of hydrogen-bond acceptors (Lipinski definition) is 4. The lowest BCUT2D eigenvalue weighted by molar-refractivity contribution is 0.766. The molecule has 0 bridgehead atoms. The largest absolute Gasteiger partial charge is 0.398 e. The number of hydrogen-bond donors (Lipinski definition) is 2. The Bertz CT molecular complexity index is 622. The quantitative estimate of drug-likeness (QED) is 0.831. The highest BCUT2D eigenvalue weighted by Crippen LogP contribution is 2.35. The Hall–Kier alpha value is -1.11. The SMILES string of the molecule is Cn1c(Sc2cc(Cl)c(Cl)cc2N)n[nH]c1=O. The third-order valence-electron chi connectivity index (χ3n) is 2.09. The van der Waals surface area contributed by atoms with Crippen molar-refractivity contribution < 1.29 is 0 Å². The molecule has 0 radical (unpaired) electrons. The van der Waals surface area contributed by atoms with Crippen LogP contribution in [0.15, 0.2) is 27.0 Å². The molecule has 0 saturated carbocycles. The molecule has 1 aromatic heterocycles. The number of nitrogens with zero attached hydrogens (tertiary/aromatic N) is 2. The van der Waals surface area contributed by atoms with E-state index in [4.69, 9.17) is 28.9 Å². The minimum absolute atomic E-state index is 0.286. The van der Waals surface area contributed by atoms with Gasteiger partial charge in [-0.3, -0.25) is 4.57 Å². The first kappa shape index (κ1) is 12.3. The molecule has 0 aliphatic rings. The average molecular weight is 291 g/mol. The summed E-state index contributed by atoms with van der Waals surface area (Å²) in [7, 11) is 1.61. The van der Waals surface area contributed by atoms with Gasteiger partial charge in [0, 0.05) is 17.6 Å². The number of aromatic amines is 1. The van der Waals surface area contributed by atoms with Crippen molar-refractivity contribution in [2.75, 3.05) is 5.73 Å². The van der Waals surface area contributed by atoms with Crippen LogP contribution >= 0.6 is 35.0 Å². The number of H-pyrrole nitrogens is 1. The number of nitrogen functional groups attached to an aromatic ring is 1. The third kappa shape index (κ3) is 2.43. The molecule has 90 valence electrons. The average Bonchev–Trinajstić information content (AvgIpc) is 2.58. The molecular formula is C9H8Cl2N4OS. The van der Waals surface area contributed by atoms with Crippen LogP contribution in [0.3, 0.4) is 0 Å². The molecule has 0 saturated heterocycles. The minimum atomic E-state index is -0.286. The summed E-state index contributed by atoms with van der Waals surface area (Å²) < 4.78 is 1.38. The van der Waals surface area contributed by atoms with E-state index >= 15 is 0 Å². The lowest BCUT2D eigenvalue weighted by Gasteiger charge is -2.06. The minimum Gasteiger partial charge on any atom is -0.398 e. The van der Waals surface area contributed by atoms with Gasteiger partial charge in [-0.25, -0.2) is 9.89 Å². The van der Waals surface area contributed by atoms with Crippen LogP contribution in [0.1, 0.15) is 0 Å². The van der Waals surface area contributed by atoms with Gasteiger partial charge in [0.05, 0.1) is 10.0 Å². The van der Waals surface area contributed by atoms with Crippen LogP contribution in [0.2, 0.25) is 10.0 Å². The summed E-state index contributed by atoms with van der Waals surface area (Å²) in [6.45, 7) is 0. The Morgan fingerprint density at radius 2 is 2.06 bits per heavy atom. The fraction of sp³-hybridized carbons (Fsp3) is 0.111. The Morgan fingerprint density at radius 3 is 2.65 bits per heavy atom. The van der Waals surface area contributed by atoms with Crippen molar-refractivity contribution in [3.8, 4) is 0 Å². The molecule has 0 aliphatic heterocycles. The second-order valence-electron chi connectivity index (χ2n) is 3.28. The van der Waals surface area contributed by atoms with Gasteiger partial charge in [0.1, 0.15) is 0 Å². The van der Waals surface area contributed by atoms with Gasteiger partial charge < -0.3 is 5.73 Å². The van der Waals surface area contributed by atoms with Crippen LogP contribution in [0, 0.1) is 0 Å². The van der Waals surface area contributed by atoms with Gasteiger partial charge in [-0.1, -0.05) is 23.2 Å². The van der Waals surface area contributed by atoms with Crippen molar-refractivity contribution in [3.05, 3.63) is 32.7 Å². The zero-order chi connectivity index (χ0) is 12.6. The summed E-state index contributed by atoms with van der Waals surface area (Å²) in [5.74, 6) is 0. The van der Waals surface area contributed by atoms with Crippen molar-refractivity contribution in [1.29, 1.82) is 0 Å².